The molecule has 1 heterocycles. The maximum Gasteiger partial charge on any atom is 0.239 e. The molecule has 7 heteroatoms. The van der Waals surface area contributed by atoms with Crippen molar-refractivity contribution in [3.8, 4) is 0 Å². The number of halogens is 1. The Morgan fingerprint density at radius 3 is 2.52 bits per heavy atom. The van der Waals surface area contributed by atoms with Gasteiger partial charge in [0.05, 0.1) is 18.8 Å². The van der Waals surface area contributed by atoms with E-state index >= 15 is 0 Å². The molecule has 0 radical (unpaired) electrons. The van der Waals surface area contributed by atoms with Crippen molar-refractivity contribution in [3.63, 3.8) is 0 Å². The zero-order valence-electron chi connectivity index (χ0n) is 12.4. The molecule has 0 spiro atoms. The molecule has 1 N–H and O–H groups in total. The zero-order chi connectivity index (χ0) is 16.6. The highest BCUT2D eigenvalue weighted by molar-refractivity contribution is 9.10. The number of rotatable bonds is 2. The third-order valence-corrected chi connectivity index (χ3v) is 5.40. The first-order chi connectivity index (χ1) is 10.9. The third-order valence-electron chi connectivity index (χ3n) is 3.71. The van der Waals surface area contributed by atoms with Gasteiger partial charge in [0.2, 0.25) is 15.9 Å². The SMILES string of the molecule is CS(=O)(=O)N1CC(=O)Nc2ccc(Br)cc2[C@@H]1c1ccccc1. The van der Waals surface area contributed by atoms with Gasteiger partial charge in [0.1, 0.15) is 0 Å². The van der Waals surface area contributed by atoms with Gasteiger partial charge in [-0.25, -0.2) is 8.42 Å². The maximum absolute atomic E-state index is 12.3. The summed E-state index contributed by atoms with van der Waals surface area (Å²) in [6.45, 7) is -0.218. The Morgan fingerprint density at radius 2 is 1.87 bits per heavy atom. The van der Waals surface area contributed by atoms with Crippen LogP contribution in [0.25, 0.3) is 0 Å². The largest absolute Gasteiger partial charge is 0.325 e. The van der Waals surface area contributed by atoms with Crippen molar-refractivity contribution in [2.45, 2.75) is 6.04 Å². The minimum absolute atomic E-state index is 0.218. The van der Waals surface area contributed by atoms with E-state index < -0.39 is 16.1 Å². The van der Waals surface area contributed by atoms with Gasteiger partial charge >= 0.3 is 0 Å². The van der Waals surface area contributed by atoms with E-state index in [0.717, 1.165) is 21.9 Å². The van der Waals surface area contributed by atoms with Gasteiger partial charge in [0.15, 0.2) is 0 Å². The van der Waals surface area contributed by atoms with E-state index in [4.69, 9.17) is 0 Å². The van der Waals surface area contributed by atoms with E-state index in [2.05, 4.69) is 21.2 Å². The lowest BCUT2D eigenvalue weighted by Gasteiger charge is -2.28. The van der Waals surface area contributed by atoms with Crippen LogP contribution in [0.2, 0.25) is 0 Å². The number of nitrogens with zero attached hydrogens (tertiary/aromatic N) is 1. The second-order valence-electron chi connectivity index (χ2n) is 5.40. The molecule has 1 aliphatic rings. The minimum Gasteiger partial charge on any atom is -0.325 e. The van der Waals surface area contributed by atoms with Gasteiger partial charge in [-0.05, 0) is 29.3 Å². The summed E-state index contributed by atoms with van der Waals surface area (Å²) in [4.78, 5) is 12.1. The zero-order valence-corrected chi connectivity index (χ0v) is 14.8. The van der Waals surface area contributed by atoms with Gasteiger partial charge < -0.3 is 5.32 Å². The highest BCUT2D eigenvalue weighted by atomic mass is 79.9. The third kappa shape index (κ3) is 3.31. The van der Waals surface area contributed by atoms with Crippen LogP contribution in [0.1, 0.15) is 17.2 Å². The van der Waals surface area contributed by atoms with Crippen LogP contribution in [-0.2, 0) is 14.8 Å². The first-order valence-electron chi connectivity index (χ1n) is 6.97. The molecule has 1 atom stereocenters. The number of benzene rings is 2. The van der Waals surface area contributed by atoms with Crippen molar-refractivity contribution in [1.82, 2.24) is 4.31 Å². The minimum atomic E-state index is -3.58. The summed E-state index contributed by atoms with van der Waals surface area (Å²) in [6.07, 6.45) is 1.12. The summed E-state index contributed by atoms with van der Waals surface area (Å²) in [5.74, 6) is -0.350. The summed E-state index contributed by atoms with van der Waals surface area (Å²) >= 11 is 3.42. The van der Waals surface area contributed by atoms with Crippen molar-refractivity contribution >= 4 is 37.5 Å². The molecule has 23 heavy (non-hydrogen) atoms. The number of carbonyl (C=O) groups is 1. The van der Waals surface area contributed by atoms with Gasteiger partial charge in [-0.1, -0.05) is 46.3 Å². The van der Waals surface area contributed by atoms with Crippen molar-refractivity contribution in [2.75, 3.05) is 18.1 Å². The van der Waals surface area contributed by atoms with Crippen LogP contribution in [0.15, 0.2) is 53.0 Å². The number of anilines is 1. The Kier molecular flexibility index (Phi) is 4.27. The Labute approximate surface area is 143 Å². The number of sulfonamides is 1. The lowest BCUT2D eigenvalue weighted by molar-refractivity contribution is -0.116. The lowest BCUT2D eigenvalue weighted by atomic mass is 9.97. The predicted octanol–water partition coefficient (Wildman–Crippen LogP) is 2.75. The molecule has 2 aromatic carbocycles. The van der Waals surface area contributed by atoms with E-state index in [9.17, 15) is 13.2 Å². The topological polar surface area (TPSA) is 66.5 Å². The van der Waals surface area contributed by atoms with Crippen molar-refractivity contribution < 1.29 is 13.2 Å². The highest BCUT2D eigenvalue weighted by Gasteiger charge is 2.35. The molecular weight excluding hydrogens is 380 g/mol. The molecular formula is C16H15BrN2O3S. The van der Waals surface area contributed by atoms with Crippen LogP contribution < -0.4 is 5.32 Å². The summed E-state index contributed by atoms with van der Waals surface area (Å²) in [5, 5.41) is 2.79. The Balaban J connectivity index is 2.28. The number of hydrogen-bond donors (Lipinski definition) is 1. The molecule has 2 aromatic rings. The lowest BCUT2D eigenvalue weighted by Crippen LogP contribution is -2.38. The van der Waals surface area contributed by atoms with Crippen LogP contribution in [0.3, 0.4) is 0 Å². The average molecular weight is 395 g/mol. The van der Waals surface area contributed by atoms with Crippen LogP contribution in [-0.4, -0.2) is 31.4 Å². The normalized spacial score (nSPS) is 18.9. The Bertz CT molecular complexity index is 853. The van der Waals surface area contributed by atoms with E-state index in [0.29, 0.717) is 5.69 Å². The molecule has 3 rings (SSSR count). The number of carbonyl (C=O) groups excluding carboxylic acids is 1. The molecule has 0 bridgehead atoms. The predicted molar refractivity (Wildman–Crippen MR) is 92.6 cm³/mol. The van der Waals surface area contributed by atoms with Crippen LogP contribution in [0.5, 0.6) is 0 Å². The summed E-state index contributed by atoms with van der Waals surface area (Å²) in [6, 6.07) is 14.2. The van der Waals surface area contributed by atoms with Crippen molar-refractivity contribution in [2.24, 2.45) is 0 Å². The molecule has 0 fully saturated rings. The van der Waals surface area contributed by atoms with Crippen LogP contribution in [0, 0.1) is 0 Å². The molecule has 120 valence electrons. The first kappa shape index (κ1) is 16.2. The fourth-order valence-corrected chi connectivity index (χ4v) is 4.09. The number of nitrogens with one attached hydrogen (secondary N) is 1. The number of amides is 1. The fraction of sp³-hybridized carbons (Fsp3) is 0.188. The van der Waals surface area contributed by atoms with E-state index in [1.54, 1.807) is 6.07 Å². The average Bonchev–Trinajstić information content (AvgIpc) is 2.63. The van der Waals surface area contributed by atoms with E-state index in [-0.39, 0.29) is 12.5 Å². The Morgan fingerprint density at radius 1 is 1.17 bits per heavy atom. The molecule has 5 nitrogen and oxygen atoms in total. The number of fused-ring (bicyclic) bond motifs is 1. The van der Waals surface area contributed by atoms with Crippen molar-refractivity contribution in [3.05, 3.63) is 64.1 Å². The van der Waals surface area contributed by atoms with Gasteiger partial charge in [-0.15, -0.1) is 0 Å². The van der Waals surface area contributed by atoms with E-state index in [1.807, 2.05) is 42.5 Å². The summed E-state index contributed by atoms with van der Waals surface area (Å²) in [5.41, 5.74) is 2.17. The first-order valence-corrected chi connectivity index (χ1v) is 9.61. The molecule has 0 aromatic heterocycles. The van der Waals surface area contributed by atoms with E-state index in [1.165, 1.54) is 4.31 Å². The van der Waals surface area contributed by atoms with Gasteiger partial charge in [-0.3, -0.25) is 4.79 Å². The second-order valence-corrected chi connectivity index (χ2v) is 8.25. The van der Waals surface area contributed by atoms with Gasteiger partial charge in [0.25, 0.3) is 0 Å². The monoisotopic (exact) mass is 394 g/mol. The highest BCUT2D eigenvalue weighted by Crippen LogP contribution is 2.38. The fourth-order valence-electron chi connectivity index (χ4n) is 2.74. The summed E-state index contributed by atoms with van der Waals surface area (Å²) < 4.78 is 26.6. The molecule has 0 saturated heterocycles. The molecule has 1 amide bonds. The smallest absolute Gasteiger partial charge is 0.239 e. The quantitative estimate of drug-likeness (QED) is 0.851. The maximum atomic E-state index is 12.3. The number of hydrogen-bond acceptors (Lipinski definition) is 3. The molecule has 0 unspecified atom stereocenters. The van der Waals surface area contributed by atoms with Crippen molar-refractivity contribution in [1.29, 1.82) is 0 Å². The summed E-state index contributed by atoms with van der Waals surface area (Å²) in [7, 11) is -3.58. The molecule has 1 aliphatic heterocycles. The standard InChI is InChI=1S/C16H15BrN2O3S/c1-23(21,22)19-10-15(20)18-14-8-7-12(17)9-13(14)16(19)11-5-3-2-4-6-11/h2-9,16H,10H2,1H3,(H,18,20)/t16-/m0/s1. The van der Waals surface area contributed by atoms with Gasteiger partial charge in [0, 0.05) is 10.2 Å². The van der Waals surface area contributed by atoms with Gasteiger partial charge in [-0.2, -0.15) is 4.31 Å². The second kappa shape index (κ2) is 6.07. The molecule has 0 aliphatic carbocycles. The van der Waals surface area contributed by atoms with Crippen LogP contribution in [0.4, 0.5) is 5.69 Å². The van der Waals surface area contributed by atoms with Crippen LogP contribution >= 0.6 is 15.9 Å². The Hall–Kier alpha value is -1.70. The molecule has 0 saturated carbocycles.